The molecule has 0 saturated heterocycles. The molecule has 0 N–H and O–H groups in total. The van der Waals surface area contributed by atoms with Gasteiger partial charge in [-0.15, -0.1) is 0 Å². The van der Waals surface area contributed by atoms with Gasteiger partial charge in [-0.1, -0.05) is 166 Å². The van der Waals surface area contributed by atoms with Crippen LogP contribution in [-0.4, -0.2) is 18.8 Å². The Morgan fingerprint density at radius 1 is 0.393 bits per heavy atom. The zero-order chi connectivity index (χ0) is 42.5. The molecule has 4 heteroatoms. The van der Waals surface area contributed by atoms with E-state index in [1.165, 1.54) is 87.9 Å². The van der Waals surface area contributed by atoms with Gasteiger partial charge in [-0.3, -0.25) is 8.80 Å². The van der Waals surface area contributed by atoms with Gasteiger partial charge in [0.1, 0.15) is 11.3 Å². The molecule has 0 bridgehead atoms. The summed E-state index contributed by atoms with van der Waals surface area (Å²) in [4.78, 5) is 10.6. The average Bonchev–Trinajstić information content (AvgIpc) is 3.92. The van der Waals surface area contributed by atoms with E-state index < -0.39 is 0 Å². The first-order chi connectivity index (χ1) is 29.4. The van der Waals surface area contributed by atoms with Crippen LogP contribution in [0.1, 0.15) is 126 Å². The smallest absolute Gasteiger partial charge is 0.145 e. The minimum Gasteiger partial charge on any atom is -0.292 e. The monoisotopic (exact) mass is 796 g/mol. The SMILES string of the molecule is CC(C)c1cccc(C(C)C)c1-c1cnc2c3cc(C(C)(C)c4ccc5c6ccccc6n6c(-c7c(C(C)C)cccc7C(C)C)cnc6c5c4)ccc3c3ccccc3n12. The van der Waals surface area contributed by atoms with Gasteiger partial charge < -0.3 is 0 Å². The lowest BCUT2D eigenvalue weighted by molar-refractivity contribution is 0.643. The fraction of sp³-hybridized carbons (Fsp3) is 0.263. The highest BCUT2D eigenvalue weighted by molar-refractivity contribution is 6.14. The molecule has 0 saturated carbocycles. The van der Waals surface area contributed by atoms with Gasteiger partial charge in [-0.25, -0.2) is 9.97 Å². The van der Waals surface area contributed by atoms with Gasteiger partial charge in [-0.05, 0) is 92.1 Å². The van der Waals surface area contributed by atoms with Crippen molar-refractivity contribution in [1.82, 2.24) is 18.8 Å². The maximum atomic E-state index is 5.29. The second-order valence-corrected chi connectivity index (χ2v) is 19.0. The Morgan fingerprint density at radius 3 is 1.11 bits per heavy atom. The van der Waals surface area contributed by atoms with Crippen LogP contribution in [0.2, 0.25) is 0 Å². The maximum absolute atomic E-state index is 5.29. The molecule has 4 nitrogen and oxygen atoms in total. The zero-order valence-corrected chi connectivity index (χ0v) is 37.3. The third kappa shape index (κ3) is 5.93. The van der Waals surface area contributed by atoms with Crippen LogP contribution in [0.3, 0.4) is 0 Å². The van der Waals surface area contributed by atoms with Crippen LogP contribution in [-0.2, 0) is 5.41 Å². The van der Waals surface area contributed by atoms with Crippen molar-refractivity contribution >= 4 is 54.6 Å². The summed E-state index contributed by atoms with van der Waals surface area (Å²) in [7, 11) is 0. The van der Waals surface area contributed by atoms with Crippen LogP contribution in [0.4, 0.5) is 0 Å². The molecule has 0 fully saturated rings. The average molecular weight is 797 g/mol. The predicted molar refractivity (Wildman–Crippen MR) is 260 cm³/mol. The molecule has 4 aromatic heterocycles. The Balaban J connectivity index is 1.20. The van der Waals surface area contributed by atoms with Crippen molar-refractivity contribution in [3.05, 3.63) is 167 Å². The van der Waals surface area contributed by atoms with E-state index in [9.17, 15) is 0 Å². The summed E-state index contributed by atoms with van der Waals surface area (Å²) in [6.07, 6.45) is 4.24. The van der Waals surface area contributed by atoms with Gasteiger partial charge >= 0.3 is 0 Å². The summed E-state index contributed by atoms with van der Waals surface area (Å²) in [5.41, 5.74) is 16.9. The number of rotatable bonds is 8. The van der Waals surface area contributed by atoms with E-state index in [1.807, 2.05) is 0 Å². The number of nitrogens with zero attached hydrogens (tertiary/aromatic N) is 4. The van der Waals surface area contributed by atoms with Crippen molar-refractivity contribution in [2.24, 2.45) is 0 Å². The van der Waals surface area contributed by atoms with E-state index in [0.29, 0.717) is 23.7 Å². The van der Waals surface area contributed by atoms with E-state index in [2.05, 4.69) is 212 Å². The molecule has 0 aliphatic rings. The van der Waals surface area contributed by atoms with Gasteiger partial charge in [0.2, 0.25) is 0 Å². The van der Waals surface area contributed by atoms with E-state index in [0.717, 1.165) is 22.7 Å². The third-order valence-electron chi connectivity index (χ3n) is 13.6. The van der Waals surface area contributed by atoms with Crippen molar-refractivity contribution < 1.29 is 0 Å². The van der Waals surface area contributed by atoms with Crippen LogP contribution in [0, 0.1) is 0 Å². The van der Waals surface area contributed by atoms with Gasteiger partial charge in [0.05, 0.1) is 34.8 Å². The molecule has 10 aromatic rings. The van der Waals surface area contributed by atoms with Gasteiger partial charge in [-0.2, -0.15) is 0 Å². The first-order valence-electron chi connectivity index (χ1n) is 22.3. The van der Waals surface area contributed by atoms with Gasteiger partial charge in [0, 0.05) is 38.1 Å². The van der Waals surface area contributed by atoms with Crippen LogP contribution in [0.15, 0.2) is 134 Å². The molecule has 0 aliphatic carbocycles. The molecule has 0 spiro atoms. The Bertz CT molecular complexity index is 3080. The molecular weight excluding hydrogens is 741 g/mol. The number of benzene rings is 6. The quantitative estimate of drug-likeness (QED) is 0.144. The first kappa shape index (κ1) is 38.9. The number of fused-ring (bicyclic) bond motifs is 12. The number of para-hydroxylation sites is 2. The van der Waals surface area contributed by atoms with Crippen LogP contribution in [0.25, 0.3) is 77.2 Å². The highest BCUT2D eigenvalue weighted by Crippen LogP contribution is 2.44. The lowest BCUT2D eigenvalue weighted by Gasteiger charge is -2.27. The summed E-state index contributed by atoms with van der Waals surface area (Å²) < 4.78 is 4.86. The van der Waals surface area contributed by atoms with Crippen molar-refractivity contribution in [2.75, 3.05) is 0 Å². The molecule has 0 aliphatic heterocycles. The second kappa shape index (κ2) is 14.4. The highest BCUT2D eigenvalue weighted by Gasteiger charge is 2.28. The molecule has 0 amide bonds. The van der Waals surface area contributed by atoms with Crippen LogP contribution >= 0.6 is 0 Å². The topological polar surface area (TPSA) is 34.6 Å². The van der Waals surface area contributed by atoms with Crippen molar-refractivity contribution in [2.45, 2.75) is 98.3 Å². The molecule has 10 rings (SSSR count). The fourth-order valence-electron chi connectivity index (χ4n) is 10.3. The predicted octanol–water partition coefficient (Wildman–Crippen LogP) is 15.7. The normalized spacial score (nSPS) is 12.7. The Kier molecular flexibility index (Phi) is 9.21. The van der Waals surface area contributed by atoms with E-state index in [4.69, 9.17) is 9.97 Å². The van der Waals surface area contributed by atoms with Crippen molar-refractivity contribution in [1.29, 1.82) is 0 Å². The molecular formula is C57H56N4. The van der Waals surface area contributed by atoms with Crippen molar-refractivity contribution in [3.8, 4) is 22.5 Å². The van der Waals surface area contributed by atoms with Crippen LogP contribution < -0.4 is 0 Å². The summed E-state index contributed by atoms with van der Waals surface area (Å²) >= 11 is 0. The lowest BCUT2D eigenvalue weighted by atomic mass is 9.77. The Hall–Kier alpha value is -6.26. The summed E-state index contributed by atoms with van der Waals surface area (Å²) in [6, 6.07) is 45.5. The minimum absolute atomic E-state index is 0.331. The molecule has 61 heavy (non-hydrogen) atoms. The third-order valence-corrected chi connectivity index (χ3v) is 13.6. The summed E-state index contributed by atoms with van der Waals surface area (Å²) in [5.74, 6) is 1.51. The minimum atomic E-state index is -0.331. The van der Waals surface area contributed by atoms with E-state index in [-0.39, 0.29) is 5.41 Å². The second-order valence-electron chi connectivity index (χ2n) is 19.0. The Labute approximate surface area is 359 Å². The molecule has 0 unspecified atom stereocenters. The first-order valence-corrected chi connectivity index (χ1v) is 22.3. The van der Waals surface area contributed by atoms with Crippen molar-refractivity contribution in [3.63, 3.8) is 0 Å². The van der Waals surface area contributed by atoms with Crippen LogP contribution in [0.5, 0.6) is 0 Å². The summed E-state index contributed by atoms with van der Waals surface area (Å²) in [5, 5.41) is 7.24. The van der Waals surface area contributed by atoms with E-state index >= 15 is 0 Å². The maximum Gasteiger partial charge on any atom is 0.145 e. The number of imidazole rings is 2. The molecule has 0 atom stereocenters. The Morgan fingerprint density at radius 2 is 0.754 bits per heavy atom. The van der Waals surface area contributed by atoms with Gasteiger partial charge in [0.15, 0.2) is 0 Å². The molecule has 4 heterocycles. The van der Waals surface area contributed by atoms with Gasteiger partial charge in [0.25, 0.3) is 0 Å². The number of aromatic nitrogens is 4. The zero-order valence-electron chi connectivity index (χ0n) is 37.3. The van der Waals surface area contributed by atoms with E-state index in [1.54, 1.807) is 0 Å². The molecule has 304 valence electrons. The highest BCUT2D eigenvalue weighted by atomic mass is 15.0. The number of hydrogen-bond acceptors (Lipinski definition) is 2. The standard InChI is InChI=1S/C57H56N4/c1-33(2)39-19-15-20-40(34(3)4)53(39)51-31-58-55-47-29-37(25-27-43(47)45-17-11-13-23-49(45)60(51)55)57(9,10)38-26-28-44-46-18-12-14-24-50(46)61-52(32-59-56(61)48(44)30-38)54-41(35(5)6)21-16-22-42(54)36(7)8/h11-36H,1-10H3. The lowest BCUT2D eigenvalue weighted by Crippen LogP contribution is -2.19. The fourth-order valence-corrected chi connectivity index (χ4v) is 10.3. The number of pyridine rings is 2. The molecule has 0 radical (unpaired) electrons. The summed E-state index contributed by atoms with van der Waals surface area (Å²) in [6.45, 7) is 23.1. The number of hydrogen-bond donors (Lipinski definition) is 0. The largest absolute Gasteiger partial charge is 0.292 e. The molecule has 6 aromatic carbocycles.